The fourth-order valence-electron chi connectivity index (χ4n) is 2.26. The zero-order valence-corrected chi connectivity index (χ0v) is 11.8. The molecule has 1 aromatic carbocycles. The largest absolute Gasteiger partial charge is 0.350 e. The molecular formula is C14H19ClFNO2. The van der Waals surface area contributed by atoms with Crippen LogP contribution in [0, 0.1) is 5.82 Å². The maximum Gasteiger partial charge on any atom is 0.159 e. The highest BCUT2D eigenvalue weighted by molar-refractivity contribution is 6.31. The molecule has 0 saturated carbocycles. The van der Waals surface area contributed by atoms with Crippen molar-refractivity contribution in [1.82, 2.24) is 5.32 Å². The van der Waals surface area contributed by atoms with Crippen LogP contribution < -0.4 is 5.32 Å². The molecule has 2 rings (SSSR count). The Morgan fingerprint density at radius 3 is 2.79 bits per heavy atom. The lowest BCUT2D eigenvalue weighted by Gasteiger charge is -2.21. The highest BCUT2D eigenvalue weighted by Gasteiger charge is 2.21. The first-order chi connectivity index (χ1) is 9.19. The monoisotopic (exact) mass is 287 g/mol. The van der Waals surface area contributed by atoms with Crippen molar-refractivity contribution in [1.29, 1.82) is 0 Å². The van der Waals surface area contributed by atoms with Gasteiger partial charge in [-0.1, -0.05) is 24.6 Å². The van der Waals surface area contributed by atoms with Gasteiger partial charge in [0.15, 0.2) is 6.29 Å². The quantitative estimate of drug-likeness (QED) is 0.873. The van der Waals surface area contributed by atoms with Crippen molar-refractivity contribution in [3.05, 3.63) is 34.6 Å². The van der Waals surface area contributed by atoms with Gasteiger partial charge in [0.1, 0.15) is 5.82 Å². The van der Waals surface area contributed by atoms with Gasteiger partial charge in [-0.05, 0) is 30.7 Å². The van der Waals surface area contributed by atoms with E-state index >= 15 is 0 Å². The summed E-state index contributed by atoms with van der Waals surface area (Å²) in [4.78, 5) is 0. The molecule has 0 aromatic heterocycles. The second-order valence-electron chi connectivity index (χ2n) is 4.60. The standard InChI is InChI=1S/C14H19ClFNO2/c1-2-17-12(9-14-18-5-6-19-14)7-10-3-4-11(16)8-13(10)15/h3-4,8,12,14,17H,2,5-7,9H2,1H3. The Balaban J connectivity index is 1.98. The van der Waals surface area contributed by atoms with Crippen LogP contribution in [-0.2, 0) is 15.9 Å². The van der Waals surface area contributed by atoms with Crippen LogP contribution in [0.3, 0.4) is 0 Å². The van der Waals surface area contributed by atoms with E-state index in [0.717, 1.165) is 24.9 Å². The molecule has 0 spiro atoms. The molecular weight excluding hydrogens is 269 g/mol. The minimum atomic E-state index is -0.309. The molecule has 1 aromatic rings. The molecule has 1 fully saturated rings. The zero-order valence-electron chi connectivity index (χ0n) is 11.0. The predicted molar refractivity (Wildman–Crippen MR) is 72.9 cm³/mol. The normalized spacial score (nSPS) is 17.8. The maximum atomic E-state index is 13.0. The van der Waals surface area contributed by atoms with Crippen molar-refractivity contribution in [3.63, 3.8) is 0 Å². The van der Waals surface area contributed by atoms with Crippen LogP contribution in [0.25, 0.3) is 0 Å². The average Bonchev–Trinajstić information content (AvgIpc) is 2.86. The summed E-state index contributed by atoms with van der Waals surface area (Å²) in [5.41, 5.74) is 0.937. The van der Waals surface area contributed by atoms with E-state index in [0.29, 0.717) is 18.2 Å². The van der Waals surface area contributed by atoms with Gasteiger partial charge >= 0.3 is 0 Å². The second-order valence-corrected chi connectivity index (χ2v) is 5.01. The van der Waals surface area contributed by atoms with Crippen molar-refractivity contribution in [2.24, 2.45) is 0 Å². The van der Waals surface area contributed by atoms with Crippen LogP contribution in [0.5, 0.6) is 0 Å². The van der Waals surface area contributed by atoms with Crippen molar-refractivity contribution >= 4 is 11.6 Å². The first kappa shape index (κ1) is 14.7. The Morgan fingerprint density at radius 2 is 2.16 bits per heavy atom. The minimum Gasteiger partial charge on any atom is -0.350 e. The molecule has 19 heavy (non-hydrogen) atoms. The van der Waals surface area contributed by atoms with Crippen LogP contribution in [0.4, 0.5) is 4.39 Å². The predicted octanol–water partition coefficient (Wildman–Crippen LogP) is 2.76. The molecule has 0 amide bonds. The van der Waals surface area contributed by atoms with Crippen molar-refractivity contribution in [3.8, 4) is 0 Å². The first-order valence-electron chi connectivity index (χ1n) is 6.59. The molecule has 3 nitrogen and oxygen atoms in total. The number of hydrogen-bond donors (Lipinski definition) is 1. The second kappa shape index (κ2) is 7.20. The van der Waals surface area contributed by atoms with E-state index in [-0.39, 0.29) is 18.1 Å². The van der Waals surface area contributed by atoms with E-state index in [9.17, 15) is 4.39 Å². The summed E-state index contributed by atoms with van der Waals surface area (Å²) >= 11 is 6.06. The Kier molecular flexibility index (Phi) is 5.58. The van der Waals surface area contributed by atoms with E-state index in [2.05, 4.69) is 12.2 Å². The molecule has 0 aliphatic carbocycles. The summed E-state index contributed by atoms with van der Waals surface area (Å²) in [5.74, 6) is -0.309. The van der Waals surface area contributed by atoms with Gasteiger partial charge in [-0.3, -0.25) is 0 Å². The number of rotatable bonds is 6. The summed E-state index contributed by atoms with van der Waals surface area (Å²) < 4.78 is 23.9. The van der Waals surface area contributed by atoms with Gasteiger partial charge in [-0.15, -0.1) is 0 Å². The van der Waals surface area contributed by atoms with Gasteiger partial charge in [0.05, 0.1) is 13.2 Å². The fraction of sp³-hybridized carbons (Fsp3) is 0.571. The summed E-state index contributed by atoms with van der Waals surface area (Å²) in [6, 6.07) is 4.73. The summed E-state index contributed by atoms with van der Waals surface area (Å²) in [6.07, 6.45) is 1.35. The van der Waals surface area contributed by atoms with Gasteiger partial charge in [0, 0.05) is 17.5 Å². The van der Waals surface area contributed by atoms with Crippen molar-refractivity contribution in [2.75, 3.05) is 19.8 Å². The third kappa shape index (κ3) is 4.42. The SMILES string of the molecule is CCNC(Cc1ccc(F)cc1Cl)CC1OCCO1. The molecule has 5 heteroatoms. The Bertz CT molecular complexity index is 410. The zero-order chi connectivity index (χ0) is 13.7. The highest BCUT2D eigenvalue weighted by Crippen LogP contribution is 2.21. The average molecular weight is 288 g/mol. The van der Waals surface area contributed by atoms with Crippen LogP contribution in [0.15, 0.2) is 18.2 Å². The molecule has 1 saturated heterocycles. The fourth-order valence-corrected chi connectivity index (χ4v) is 2.50. The van der Waals surface area contributed by atoms with Crippen LogP contribution in [0.1, 0.15) is 18.9 Å². The molecule has 1 unspecified atom stereocenters. The molecule has 0 radical (unpaired) electrons. The topological polar surface area (TPSA) is 30.5 Å². The van der Waals surface area contributed by atoms with E-state index in [1.807, 2.05) is 0 Å². The lowest BCUT2D eigenvalue weighted by molar-refractivity contribution is -0.0525. The maximum absolute atomic E-state index is 13.0. The molecule has 0 bridgehead atoms. The van der Waals surface area contributed by atoms with Crippen molar-refractivity contribution in [2.45, 2.75) is 32.1 Å². The number of hydrogen-bond acceptors (Lipinski definition) is 3. The van der Waals surface area contributed by atoms with Crippen LogP contribution in [-0.4, -0.2) is 32.1 Å². The Hall–Kier alpha value is -0.680. The summed E-state index contributed by atoms with van der Waals surface area (Å²) in [7, 11) is 0. The molecule has 106 valence electrons. The molecule has 1 aliphatic rings. The summed E-state index contributed by atoms with van der Waals surface area (Å²) in [6.45, 7) is 4.22. The van der Waals surface area contributed by atoms with E-state index in [1.165, 1.54) is 12.1 Å². The number of benzene rings is 1. The third-order valence-corrected chi connectivity index (χ3v) is 3.49. The highest BCUT2D eigenvalue weighted by atomic mass is 35.5. The van der Waals surface area contributed by atoms with Crippen molar-refractivity contribution < 1.29 is 13.9 Å². The molecule has 1 N–H and O–H groups in total. The molecule has 1 atom stereocenters. The number of likely N-dealkylation sites (N-methyl/N-ethyl adjacent to an activating group) is 1. The number of nitrogens with one attached hydrogen (secondary N) is 1. The van der Waals surface area contributed by atoms with Gasteiger partial charge in [-0.2, -0.15) is 0 Å². The Morgan fingerprint density at radius 1 is 1.42 bits per heavy atom. The van der Waals surface area contributed by atoms with E-state index < -0.39 is 0 Å². The van der Waals surface area contributed by atoms with Gasteiger partial charge in [-0.25, -0.2) is 4.39 Å². The Labute approximate surface area is 118 Å². The van der Waals surface area contributed by atoms with Crippen LogP contribution >= 0.6 is 11.6 Å². The smallest absolute Gasteiger partial charge is 0.159 e. The van der Waals surface area contributed by atoms with Crippen LogP contribution in [0.2, 0.25) is 5.02 Å². The lowest BCUT2D eigenvalue weighted by Crippen LogP contribution is -2.34. The minimum absolute atomic E-state index is 0.150. The third-order valence-electron chi connectivity index (χ3n) is 3.14. The summed E-state index contributed by atoms with van der Waals surface area (Å²) in [5, 5.41) is 3.86. The lowest BCUT2D eigenvalue weighted by atomic mass is 10.0. The first-order valence-corrected chi connectivity index (χ1v) is 6.97. The van der Waals surface area contributed by atoms with E-state index in [4.69, 9.17) is 21.1 Å². The molecule has 1 heterocycles. The van der Waals surface area contributed by atoms with E-state index in [1.54, 1.807) is 6.07 Å². The molecule has 1 aliphatic heterocycles. The number of halogens is 2. The number of ether oxygens (including phenoxy) is 2. The van der Waals surface area contributed by atoms with Gasteiger partial charge < -0.3 is 14.8 Å². The van der Waals surface area contributed by atoms with Gasteiger partial charge in [0.2, 0.25) is 0 Å². The van der Waals surface area contributed by atoms with Gasteiger partial charge in [0.25, 0.3) is 0 Å².